The number of anilines is 1. The first-order valence-electron chi connectivity index (χ1n) is 10.1. The van der Waals surface area contributed by atoms with Gasteiger partial charge < -0.3 is 15.1 Å². The fourth-order valence-electron chi connectivity index (χ4n) is 3.19. The SMILES string of the molecule is CCC(C)CNC(=O)c1ccc(N2CCN(C(=O)c3cc(Cl)ccc3Cl)CC2)nc1. The first-order valence-corrected chi connectivity index (χ1v) is 10.9. The molecular formula is C22H26Cl2N4O2. The summed E-state index contributed by atoms with van der Waals surface area (Å²) in [5, 5.41) is 3.82. The Bertz CT molecular complexity index is 897. The summed E-state index contributed by atoms with van der Waals surface area (Å²) in [6, 6.07) is 8.54. The van der Waals surface area contributed by atoms with Crippen molar-refractivity contribution in [1.29, 1.82) is 0 Å². The average Bonchev–Trinajstić information content (AvgIpc) is 2.78. The van der Waals surface area contributed by atoms with Gasteiger partial charge in [0.15, 0.2) is 0 Å². The molecule has 0 aliphatic carbocycles. The summed E-state index contributed by atoms with van der Waals surface area (Å²) in [6.07, 6.45) is 2.63. The van der Waals surface area contributed by atoms with E-state index in [0.29, 0.717) is 59.8 Å². The molecule has 3 rings (SSSR count). The topological polar surface area (TPSA) is 65.5 Å². The second-order valence-electron chi connectivity index (χ2n) is 7.53. The minimum Gasteiger partial charge on any atom is -0.353 e. The summed E-state index contributed by atoms with van der Waals surface area (Å²) < 4.78 is 0. The molecule has 1 fully saturated rings. The molecule has 160 valence electrons. The average molecular weight is 449 g/mol. The normalized spacial score (nSPS) is 15.1. The maximum absolute atomic E-state index is 12.8. The molecule has 1 saturated heterocycles. The van der Waals surface area contributed by atoms with Crippen molar-refractivity contribution in [2.45, 2.75) is 20.3 Å². The highest BCUT2D eigenvalue weighted by Gasteiger charge is 2.24. The highest BCUT2D eigenvalue weighted by atomic mass is 35.5. The molecule has 1 aliphatic heterocycles. The van der Waals surface area contributed by atoms with E-state index < -0.39 is 0 Å². The van der Waals surface area contributed by atoms with Crippen LogP contribution in [0.4, 0.5) is 5.82 Å². The van der Waals surface area contributed by atoms with Crippen LogP contribution >= 0.6 is 23.2 Å². The number of carbonyl (C=O) groups excluding carboxylic acids is 2. The third-order valence-electron chi connectivity index (χ3n) is 5.37. The van der Waals surface area contributed by atoms with Crippen molar-refractivity contribution in [3.63, 3.8) is 0 Å². The highest BCUT2D eigenvalue weighted by molar-refractivity contribution is 6.35. The Morgan fingerprint density at radius 3 is 2.50 bits per heavy atom. The predicted molar refractivity (Wildman–Crippen MR) is 121 cm³/mol. The van der Waals surface area contributed by atoms with E-state index in [-0.39, 0.29) is 11.8 Å². The van der Waals surface area contributed by atoms with Gasteiger partial charge in [0, 0.05) is 43.9 Å². The van der Waals surface area contributed by atoms with Gasteiger partial charge in [0.05, 0.1) is 16.1 Å². The molecule has 2 heterocycles. The number of piperazine rings is 1. The molecular weight excluding hydrogens is 423 g/mol. The van der Waals surface area contributed by atoms with Crippen molar-refractivity contribution in [2.24, 2.45) is 5.92 Å². The van der Waals surface area contributed by atoms with Crippen molar-refractivity contribution < 1.29 is 9.59 Å². The Balaban J connectivity index is 1.56. The Labute approximate surface area is 187 Å². The van der Waals surface area contributed by atoms with Gasteiger partial charge >= 0.3 is 0 Å². The van der Waals surface area contributed by atoms with Crippen LogP contribution in [-0.4, -0.2) is 54.4 Å². The molecule has 2 aromatic rings. The van der Waals surface area contributed by atoms with Gasteiger partial charge in [-0.1, -0.05) is 43.5 Å². The van der Waals surface area contributed by atoms with Crippen LogP contribution in [0.3, 0.4) is 0 Å². The number of pyridine rings is 1. The predicted octanol–water partition coefficient (Wildman–Crippen LogP) is 4.13. The van der Waals surface area contributed by atoms with Crippen LogP contribution < -0.4 is 10.2 Å². The van der Waals surface area contributed by atoms with Gasteiger partial charge in [0.1, 0.15) is 5.82 Å². The lowest BCUT2D eigenvalue weighted by atomic mass is 10.1. The molecule has 1 aliphatic rings. The summed E-state index contributed by atoms with van der Waals surface area (Å²) in [4.78, 5) is 33.3. The summed E-state index contributed by atoms with van der Waals surface area (Å²) in [6.45, 7) is 7.27. The maximum atomic E-state index is 12.8. The van der Waals surface area contributed by atoms with Gasteiger partial charge in [-0.3, -0.25) is 9.59 Å². The number of nitrogens with zero attached hydrogens (tertiary/aromatic N) is 3. The number of carbonyl (C=O) groups is 2. The molecule has 8 heteroatoms. The van der Waals surface area contributed by atoms with Crippen molar-refractivity contribution in [2.75, 3.05) is 37.6 Å². The lowest BCUT2D eigenvalue weighted by Gasteiger charge is -2.35. The van der Waals surface area contributed by atoms with Crippen LogP contribution in [-0.2, 0) is 0 Å². The van der Waals surface area contributed by atoms with Crippen LogP contribution in [0, 0.1) is 5.92 Å². The van der Waals surface area contributed by atoms with Crippen molar-refractivity contribution in [3.8, 4) is 0 Å². The lowest BCUT2D eigenvalue weighted by molar-refractivity contribution is 0.0746. The monoisotopic (exact) mass is 448 g/mol. The number of hydrogen-bond donors (Lipinski definition) is 1. The lowest BCUT2D eigenvalue weighted by Crippen LogP contribution is -2.49. The molecule has 1 N–H and O–H groups in total. The molecule has 1 aromatic carbocycles. The second kappa shape index (κ2) is 10.1. The van der Waals surface area contributed by atoms with Crippen LogP contribution in [0.5, 0.6) is 0 Å². The molecule has 30 heavy (non-hydrogen) atoms. The van der Waals surface area contributed by atoms with E-state index in [1.54, 1.807) is 35.4 Å². The standard InChI is InChI=1S/C22H26Cl2N4O2/c1-3-15(2)13-26-21(29)16-4-7-20(25-14-16)27-8-10-28(11-9-27)22(30)18-12-17(23)5-6-19(18)24/h4-7,12,14-15H,3,8-11,13H2,1-2H3,(H,26,29). The van der Waals surface area contributed by atoms with E-state index in [0.717, 1.165) is 12.2 Å². The van der Waals surface area contributed by atoms with E-state index >= 15 is 0 Å². The van der Waals surface area contributed by atoms with Crippen molar-refractivity contribution >= 4 is 40.8 Å². The van der Waals surface area contributed by atoms with Gasteiger partial charge in [-0.25, -0.2) is 4.98 Å². The summed E-state index contributed by atoms with van der Waals surface area (Å²) in [7, 11) is 0. The molecule has 2 amide bonds. The van der Waals surface area contributed by atoms with E-state index in [4.69, 9.17) is 23.2 Å². The van der Waals surface area contributed by atoms with Gasteiger partial charge in [0.25, 0.3) is 11.8 Å². The Kier molecular flexibility index (Phi) is 7.56. The molecule has 1 atom stereocenters. The van der Waals surface area contributed by atoms with Gasteiger partial charge in [-0.2, -0.15) is 0 Å². The number of aromatic nitrogens is 1. The number of hydrogen-bond acceptors (Lipinski definition) is 4. The molecule has 0 bridgehead atoms. The van der Waals surface area contributed by atoms with E-state index in [9.17, 15) is 9.59 Å². The smallest absolute Gasteiger partial charge is 0.255 e. The van der Waals surface area contributed by atoms with E-state index in [1.165, 1.54) is 0 Å². The van der Waals surface area contributed by atoms with Crippen LogP contribution in [0.2, 0.25) is 10.0 Å². The van der Waals surface area contributed by atoms with Crippen LogP contribution in [0.1, 0.15) is 41.0 Å². The number of amides is 2. The molecule has 0 saturated carbocycles. The van der Waals surface area contributed by atoms with E-state index in [1.807, 2.05) is 6.07 Å². The summed E-state index contributed by atoms with van der Waals surface area (Å²) in [5.41, 5.74) is 0.968. The second-order valence-corrected chi connectivity index (χ2v) is 8.38. The number of nitrogens with one attached hydrogen (secondary N) is 1. The van der Waals surface area contributed by atoms with Crippen LogP contribution in [0.15, 0.2) is 36.5 Å². The number of benzene rings is 1. The maximum Gasteiger partial charge on any atom is 0.255 e. The minimum atomic E-state index is -0.122. The molecule has 1 unspecified atom stereocenters. The quantitative estimate of drug-likeness (QED) is 0.721. The third-order valence-corrected chi connectivity index (χ3v) is 5.93. The number of rotatable bonds is 6. The Hall–Kier alpha value is -2.31. The van der Waals surface area contributed by atoms with Crippen molar-refractivity contribution in [3.05, 3.63) is 57.7 Å². The zero-order valence-electron chi connectivity index (χ0n) is 17.2. The summed E-state index contributed by atoms with van der Waals surface area (Å²) >= 11 is 12.2. The molecule has 1 aromatic heterocycles. The fraction of sp³-hybridized carbons (Fsp3) is 0.409. The zero-order valence-corrected chi connectivity index (χ0v) is 18.7. The fourth-order valence-corrected chi connectivity index (χ4v) is 3.56. The third kappa shape index (κ3) is 5.43. The number of halogens is 2. The molecule has 0 spiro atoms. The largest absolute Gasteiger partial charge is 0.353 e. The minimum absolute atomic E-state index is 0.108. The first kappa shape index (κ1) is 22.4. The molecule has 0 radical (unpaired) electrons. The van der Waals surface area contributed by atoms with Gasteiger partial charge in [-0.05, 0) is 36.2 Å². The van der Waals surface area contributed by atoms with E-state index in [2.05, 4.69) is 29.0 Å². The Morgan fingerprint density at radius 1 is 1.13 bits per heavy atom. The highest BCUT2D eigenvalue weighted by Crippen LogP contribution is 2.23. The van der Waals surface area contributed by atoms with Crippen molar-refractivity contribution in [1.82, 2.24) is 15.2 Å². The molecule has 6 nitrogen and oxygen atoms in total. The van der Waals surface area contributed by atoms with Gasteiger partial charge in [-0.15, -0.1) is 0 Å². The zero-order chi connectivity index (χ0) is 21.7. The Morgan fingerprint density at radius 2 is 1.87 bits per heavy atom. The van der Waals surface area contributed by atoms with Crippen LogP contribution in [0.25, 0.3) is 0 Å². The summed E-state index contributed by atoms with van der Waals surface area (Å²) in [5.74, 6) is 1.01. The first-order chi connectivity index (χ1) is 14.4. The van der Waals surface area contributed by atoms with Gasteiger partial charge in [0.2, 0.25) is 0 Å².